The molecular formula is C29H28F3N3O5. The van der Waals surface area contributed by atoms with Gasteiger partial charge in [0.1, 0.15) is 17.5 Å². The van der Waals surface area contributed by atoms with Gasteiger partial charge in [-0.25, -0.2) is 18.0 Å². The van der Waals surface area contributed by atoms with Gasteiger partial charge in [-0.15, -0.1) is 5.06 Å². The van der Waals surface area contributed by atoms with Gasteiger partial charge in [-0.1, -0.05) is 24.3 Å². The van der Waals surface area contributed by atoms with Crippen molar-refractivity contribution in [2.45, 2.75) is 31.0 Å². The predicted molar refractivity (Wildman–Crippen MR) is 139 cm³/mol. The number of carbonyl (C=O) groups excluding carboxylic acids is 1. The van der Waals surface area contributed by atoms with Crippen LogP contribution >= 0.6 is 0 Å². The lowest BCUT2D eigenvalue weighted by atomic mass is 9.77. The van der Waals surface area contributed by atoms with Gasteiger partial charge in [0.25, 0.3) is 0 Å². The normalized spacial score (nSPS) is 22.1. The highest BCUT2D eigenvalue weighted by atomic mass is 19.1. The van der Waals surface area contributed by atoms with Crippen molar-refractivity contribution in [3.8, 4) is 0 Å². The van der Waals surface area contributed by atoms with Crippen LogP contribution in [0.5, 0.6) is 0 Å². The Kier molecular flexibility index (Phi) is 8.06. The Hall–Kier alpha value is -3.93. The Labute approximate surface area is 228 Å². The first-order valence-electron chi connectivity index (χ1n) is 12.9. The second-order valence-corrected chi connectivity index (χ2v) is 9.88. The molecular weight excluding hydrogens is 527 g/mol. The predicted octanol–water partition coefficient (Wildman–Crippen LogP) is 4.88. The molecule has 2 aliphatic rings. The quantitative estimate of drug-likeness (QED) is 0.341. The standard InChI is InChI=1S/C29H28F3N3O5/c30-19-4-1-17(2-5-19)26(36)12-11-23-27(35(28(23)37)21-8-6-20(31)7-9-21)22-10-3-18(15-24(22)32)25-16-33-13-14-34(25)40-29(38)39/h1-10,15,23,25-27,33,36H,11-14,16H2,(H,38,39)/t23-,25?,26+,27-/m1/s1. The number of aliphatic hydroxyl groups excluding tert-OH is 1. The van der Waals surface area contributed by atoms with Crippen LogP contribution < -0.4 is 10.2 Å². The van der Waals surface area contributed by atoms with E-state index in [0.717, 1.165) is 0 Å². The van der Waals surface area contributed by atoms with Crippen molar-refractivity contribution in [1.29, 1.82) is 0 Å². The van der Waals surface area contributed by atoms with E-state index in [9.17, 15) is 23.5 Å². The number of hydrogen-bond acceptors (Lipinski definition) is 6. The number of carboxylic acid groups (broad SMARTS) is 1. The lowest BCUT2D eigenvalue weighted by Gasteiger charge is -2.48. The second-order valence-electron chi connectivity index (χ2n) is 9.88. The van der Waals surface area contributed by atoms with E-state index in [0.29, 0.717) is 29.9 Å². The van der Waals surface area contributed by atoms with Crippen LogP contribution in [0, 0.1) is 23.4 Å². The first-order valence-corrected chi connectivity index (χ1v) is 12.9. The molecule has 1 amide bonds. The first kappa shape index (κ1) is 27.6. The number of halogens is 3. The zero-order valence-electron chi connectivity index (χ0n) is 21.3. The average Bonchev–Trinajstić information content (AvgIpc) is 2.93. The van der Waals surface area contributed by atoms with E-state index in [-0.39, 0.29) is 30.9 Å². The van der Waals surface area contributed by atoms with E-state index < -0.39 is 47.7 Å². The highest BCUT2D eigenvalue weighted by Gasteiger charge is 2.49. The number of aliphatic hydroxyl groups is 1. The van der Waals surface area contributed by atoms with Crippen LogP contribution in [-0.2, 0) is 9.63 Å². The molecule has 0 bridgehead atoms. The fourth-order valence-corrected chi connectivity index (χ4v) is 5.43. The molecule has 210 valence electrons. The molecule has 2 saturated heterocycles. The van der Waals surface area contributed by atoms with Gasteiger partial charge in [0.2, 0.25) is 5.91 Å². The molecule has 0 aliphatic carbocycles. The number of rotatable bonds is 8. The van der Waals surface area contributed by atoms with Crippen LogP contribution in [0.15, 0.2) is 66.7 Å². The number of hydroxylamine groups is 2. The molecule has 2 fully saturated rings. The summed E-state index contributed by atoms with van der Waals surface area (Å²) in [6, 6.07) is 14.0. The van der Waals surface area contributed by atoms with E-state index in [1.807, 2.05) is 0 Å². The maximum Gasteiger partial charge on any atom is 0.525 e. The van der Waals surface area contributed by atoms with Crippen LogP contribution in [-0.4, -0.2) is 47.0 Å². The molecule has 5 rings (SSSR count). The Morgan fingerprint density at radius 2 is 1.70 bits per heavy atom. The summed E-state index contributed by atoms with van der Waals surface area (Å²) in [7, 11) is 0. The van der Waals surface area contributed by atoms with Crippen molar-refractivity contribution in [3.63, 3.8) is 0 Å². The van der Waals surface area contributed by atoms with Gasteiger partial charge in [0, 0.05) is 30.9 Å². The summed E-state index contributed by atoms with van der Waals surface area (Å²) < 4.78 is 42.6. The van der Waals surface area contributed by atoms with Crippen LogP contribution in [0.4, 0.5) is 23.7 Å². The molecule has 1 unspecified atom stereocenters. The van der Waals surface area contributed by atoms with Gasteiger partial charge in [-0.05, 0) is 66.4 Å². The summed E-state index contributed by atoms with van der Waals surface area (Å²) in [5, 5.41) is 24.1. The van der Waals surface area contributed by atoms with E-state index >= 15 is 4.39 Å². The maximum atomic E-state index is 15.7. The number of hydrogen-bond donors (Lipinski definition) is 3. The van der Waals surface area contributed by atoms with Crippen molar-refractivity contribution in [1.82, 2.24) is 10.4 Å². The van der Waals surface area contributed by atoms with Crippen molar-refractivity contribution in [3.05, 3.63) is 101 Å². The van der Waals surface area contributed by atoms with Gasteiger partial charge in [-0.3, -0.25) is 4.79 Å². The van der Waals surface area contributed by atoms with E-state index in [1.165, 1.54) is 64.6 Å². The fraction of sp³-hybridized carbons (Fsp3) is 0.310. The van der Waals surface area contributed by atoms with Crippen LogP contribution in [0.1, 0.15) is 47.7 Å². The molecule has 40 heavy (non-hydrogen) atoms. The van der Waals surface area contributed by atoms with E-state index in [1.54, 1.807) is 12.1 Å². The lowest BCUT2D eigenvalue weighted by molar-refractivity contribution is -0.157. The Bertz CT molecular complexity index is 1370. The Morgan fingerprint density at radius 1 is 1.02 bits per heavy atom. The van der Waals surface area contributed by atoms with Crippen LogP contribution in [0.2, 0.25) is 0 Å². The first-order chi connectivity index (χ1) is 19.2. The summed E-state index contributed by atoms with van der Waals surface area (Å²) in [4.78, 5) is 30.7. The number of carbonyl (C=O) groups is 2. The number of β-lactam (4-membered cyclic amide) rings is 1. The minimum Gasteiger partial charge on any atom is -0.448 e. The van der Waals surface area contributed by atoms with Gasteiger partial charge >= 0.3 is 6.16 Å². The molecule has 0 spiro atoms. The SMILES string of the molecule is O=C(O)ON1CCNCC1c1ccc([C@@H]2[C@@H](CC[C@H](O)c3ccc(F)cc3)C(=O)N2c2ccc(F)cc2)c(F)c1. The van der Waals surface area contributed by atoms with Crippen molar-refractivity contribution in [2.24, 2.45) is 5.92 Å². The molecule has 8 nitrogen and oxygen atoms in total. The molecule has 3 aromatic rings. The smallest absolute Gasteiger partial charge is 0.448 e. The minimum atomic E-state index is -1.46. The van der Waals surface area contributed by atoms with Crippen LogP contribution in [0.3, 0.4) is 0 Å². The second kappa shape index (κ2) is 11.7. The van der Waals surface area contributed by atoms with Crippen molar-refractivity contribution in [2.75, 3.05) is 24.5 Å². The molecule has 3 N–H and O–H groups in total. The van der Waals surface area contributed by atoms with Gasteiger partial charge in [-0.2, -0.15) is 0 Å². The number of anilines is 1. The van der Waals surface area contributed by atoms with Gasteiger partial charge in [0.05, 0.1) is 24.1 Å². The third-order valence-corrected chi connectivity index (χ3v) is 7.44. The third kappa shape index (κ3) is 5.67. The lowest BCUT2D eigenvalue weighted by Crippen LogP contribution is -2.55. The fourth-order valence-electron chi connectivity index (χ4n) is 5.43. The molecule has 0 aromatic heterocycles. The molecule has 0 saturated carbocycles. The summed E-state index contributed by atoms with van der Waals surface area (Å²) in [6.07, 6.45) is -1.99. The van der Waals surface area contributed by atoms with Crippen LogP contribution in [0.25, 0.3) is 0 Å². The Balaban J connectivity index is 1.41. The summed E-state index contributed by atoms with van der Waals surface area (Å²) >= 11 is 0. The topological polar surface area (TPSA) is 102 Å². The van der Waals surface area contributed by atoms with E-state index in [4.69, 9.17) is 9.94 Å². The molecule has 4 atom stereocenters. The van der Waals surface area contributed by atoms with Crippen molar-refractivity contribution < 1.29 is 37.8 Å². The molecule has 2 heterocycles. The average molecular weight is 556 g/mol. The zero-order valence-corrected chi connectivity index (χ0v) is 21.3. The Morgan fingerprint density at radius 3 is 2.35 bits per heavy atom. The third-order valence-electron chi connectivity index (χ3n) is 7.44. The summed E-state index contributed by atoms with van der Waals surface area (Å²) in [5.74, 6) is -2.45. The van der Waals surface area contributed by atoms with Gasteiger partial charge in [0.15, 0.2) is 0 Å². The minimum absolute atomic E-state index is 0.185. The summed E-state index contributed by atoms with van der Waals surface area (Å²) in [6.45, 7) is 1.14. The summed E-state index contributed by atoms with van der Waals surface area (Å²) in [5.41, 5.74) is 1.65. The highest BCUT2D eigenvalue weighted by molar-refractivity contribution is 6.03. The molecule has 2 aliphatic heterocycles. The monoisotopic (exact) mass is 555 g/mol. The number of piperazine rings is 1. The zero-order chi connectivity index (χ0) is 28.4. The number of amides is 1. The van der Waals surface area contributed by atoms with Crippen molar-refractivity contribution >= 4 is 17.7 Å². The highest BCUT2D eigenvalue weighted by Crippen LogP contribution is 2.47. The van der Waals surface area contributed by atoms with E-state index in [2.05, 4.69) is 5.32 Å². The largest absolute Gasteiger partial charge is 0.525 e. The number of benzene rings is 3. The molecule has 11 heteroatoms. The molecule has 0 radical (unpaired) electrons. The van der Waals surface area contributed by atoms with Gasteiger partial charge < -0.3 is 25.3 Å². The number of nitrogens with zero attached hydrogens (tertiary/aromatic N) is 2. The number of nitrogens with one attached hydrogen (secondary N) is 1. The molecule has 3 aromatic carbocycles. The maximum absolute atomic E-state index is 15.7.